The van der Waals surface area contributed by atoms with Gasteiger partial charge in [0.1, 0.15) is 5.82 Å². The molecule has 3 nitrogen and oxygen atoms in total. The normalized spacial score (nSPS) is 11.6. The molecule has 20 heavy (non-hydrogen) atoms. The summed E-state index contributed by atoms with van der Waals surface area (Å²) in [5.41, 5.74) is 6.01. The summed E-state index contributed by atoms with van der Waals surface area (Å²) in [5, 5.41) is 0.341. The number of anilines is 1. The molecule has 0 fully saturated rings. The molecule has 0 saturated carbocycles. The largest absolute Gasteiger partial charge is 0.398 e. The Hall–Kier alpha value is -1.30. The molecule has 0 atom stereocenters. The van der Waals surface area contributed by atoms with Crippen molar-refractivity contribution in [2.24, 2.45) is 0 Å². The van der Waals surface area contributed by atoms with Crippen LogP contribution in [0.2, 0.25) is 10.0 Å². The van der Waals surface area contributed by atoms with Gasteiger partial charge in [-0.1, -0.05) is 23.2 Å². The summed E-state index contributed by atoms with van der Waals surface area (Å²) in [5.74, 6) is -0.959. The molecule has 0 aliphatic rings. The summed E-state index contributed by atoms with van der Waals surface area (Å²) >= 11 is 11.7. The van der Waals surface area contributed by atoms with Gasteiger partial charge in [-0.3, -0.25) is 0 Å². The fourth-order valence-corrected chi connectivity index (χ4v) is 3.54. The average molecular weight is 334 g/mol. The van der Waals surface area contributed by atoms with Crippen molar-refractivity contribution < 1.29 is 12.8 Å². The van der Waals surface area contributed by atoms with Gasteiger partial charge in [0.2, 0.25) is 0 Å². The van der Waals surface area contributed by atoms with E-state index >= 15 is 0 Å². The fourth-order valence-electron chi connectivity index (χ4n) is 1.64. The van der Waals surface area contributed by atoms with E-state index in [1.54, 1.807) is 0 Å². The van der Waals surface area contributed by atoms with Crippen LogP contribution < -0.4 is 5.73 Å². The molecule has 0 amide bonds. The van der Waals surface area contributed by atoms with Gasteiger partial charge >= 0.3 is 0 Å². The number of halogens is 3. The van der Waals surface area contributed by atoms with Crippen molar-refractivity contribution in [1.29, 1.82) is 0 Å². The third kappa shape index (κ3) is 3.23. The van der Waals surface area contributed by atoms with Gasteiger partial charge in [-0.25, -0.2) is 12.8 Å². The highest BCUT2D eigenvalue weighted by atomic mass is 35.5. The first kappa shape index (κ1) is 15.1. The Balaban J connectivity index is 2.40. The highest BCUT2D eigenvalue weighted by molar-refractivity contribution is 7.90. The van der Waals surface area contributed by atoms with Crippen molar-refractivity contribution in [2.45, 2.75) is 10.6 Å². The molecule has 106 valence electrons. The van der Waals surface area contributed by atoms with Crippen LogP contribution in [-0.4, -0.2) is 8.42 Å². The quantitative estimate of drug-likeness (QED) is 0.871. The van der Waals surface area contributed by atoms with Crippen molar-refractivity contribution >= 4 is 38.7 Å². The minimum atomic E-state index is -3.68. The molecule has 0 unspecified atom stereocenters. The van der Waals surface area contributed by atoms with E-state index in [1.165, 1.54) is 30.3 Å². The molecule has 7 heteroatoms. The van der Waals surface area contributed by atoms with Crippen LogP contribution in [0.3, 0.4) is 0 Å². The molecule has 2 aromatic carbocycles. The fraction of sp³-hybridized carbons (Fsp3) is 0.0769. The third-order valence-electron chi connectivity index (χ3n) is 2.68. The van der Waals surface area contributed by atoms with Crippen LogP contribution in [0, 0.1) is 5.82 Å². The second-order valence-electron chi connectivity index (χ2n) is 4.18. The standard InChI is InChI=1S/C13H10Cl2FNO2S/c14-11-3-1-9(16)5-8(11)7-20(18,19)10-2-4-13(17)12(15)6-10/h1-6H,7,17H2. The summed E-state index contributed by atoms with van der Waals surface area (Å²) in [6.45, 7) is 0. The van der Waals surface area contributed by atoms with Gasteiger partial charge in [0.15, 0.2) is 9.84 Å². The van der Waals surface area contributed by atoms with Gasteiger partial charge in [-0.15, -0.1) is 0 Å². The average Bonchev–Trinajstić information content (AvgIpc) is 2.36. The maximum absolute atomic E-state index is 13.2. The molecule has 2 N–H and O–H groups in total. The smallest absolute Gasteiger partial charge is 0.182 e. The van der Waals surface area contributed by atoms with Crippen LogP contribution in [0.4, 0.5) is 10.1 Å². The number of hydrogen-bond acceptors (Lipinski definition) is 3. The minimum absolute atomic E-state index is 0.0111. The number of hydrogen-bond donors (Lipinski definition) is 1. The molecule has 0 radical (unpaired) electrons. The molecule has 2 rings (SSSR count). The summed E-state index contributed by atoms with van der Waals surface area (Å²) in [7, 11) is -3.68. The first-order chi connectivity index (χ1) is 9.29. The Morgan fingerprint density at radius 1 is 1.05 bits per heavy atom. The first-order valence-corrected chi connectivity index (χ1v) is 7.92. The maximum Gasteiger partial charge on any atom is 0.182 e. The highest BCUT2D eigenvalue weighted by Gasteiger charge is 2.18. The summed E-state index contributed by atoms with van der Waals surface area (Å²) in [6.07, 6.45) is 0. The lowest BCUT2D eigenvalue weighted by Crippen LogP contribution is -2.06. The van der Waals surface area contributed by atoms with Gasteiger partial charge in [0.05, 0.1) is 21.4 Å². The lowest BCUT2D eigenvalue weighted by Gasteiger charge is -2.08. The van der Waals surface area contributed by atoms with Crippen LogP contribution >= 0.6 is 23.2 Å². The van der Waals surface area contributed by atoms with Gasteiger partial charge in [0.25, 0.3) is 0 Å². The van der Waals surface area contributed by atoms with Crippen molar-refractivity contribution in [2.75, 3.05) is 5.73 Å². The molecule has 0 spiro atoms. The van der Waals surface area contributed by atoms with Gasteiger partial charge in [-0.05, 0) is 42.0 Å². The SMILES string of the molecule is Nc1ccc(S(=O)(=O)Cc2cc(F)ccc2Cl)cc1Cl. The zero-order valence-corrected chi connectivity index (χ0v) is 12.4. The van der Waals surface area contributed by atoms with Crippen LogP contribution in [0.1, 0.15) is 5.56 Å². The Bertz CT molecular complexity index is 763. The number of nitrogens with two attached hydrogens (primary N) is 1. The summed E-state index contributed by atoms with van der Waals surface area (Å²) in [6, 6.07) is 7.60. The van der Waals surface area contributed by atoms with Crippen molar-refractivity contribution in [3.8, 4) is 0 Å². The van der Waals surface area contributed by atoms with Gasteiger partial charge < -0.3 is 5.73 Å². The van der Waals surface area contributed by atoms with E-state index < -0.39 is 21.4 Å². The Labute approximate surface area is 126 Å². The lowest BCUT2D eigenvalue weighted by atomic mass is 10.2. The predicted molar refractivity (Wildman–Crippen MR) is 78.2 cm³/mol. The molecular formula is C13H10Cl2FNO2S. The van der Waals surface area contributed by atoms with Crippen molar-refractivity contribution in [3.05, 3.63) is 57.8 Å². The van der Waals surface area contributed by atoms with Gasteiger partial charge in [0, 0.05) is 5.02 Å². The summed E-state index contributed by atoms with van der Waals surface area (Å²) in [4.78, 5) is 0.0111. The zero-order valence-electron chi connectivity index (χ0n) is 10.1. The van der Waals surface area contributed by atoms with Gasteiger partial charge in [-0.2, -0.15) is 0 Å². The van der Waals surface area contributed by atoms with E-state index in [-0.39, 0.29) is 26.2 Å². The predicted octanol–water partition coefficient (Wildman–Crippen LogP) is 3.69. The molecule has 0 aliphatic carbocycles. The van der Waals surface area contributed by atoms with Crippen LogP contribution in [-0.2, 0) is 15.6 Å². The second kappa shape index (κ2) is 5.60. The second-order valence-corrected chi connectivity index (χ2v) is 6.98. The Morgan fingerprint density at radius 3 is 2.40 bits per heavy atom. The molecular weight excluding hydrogens is 324 g/mol. The van der Waals surface area contributed by atoms with E-state index in [2.05, 4.69) is 0 Å². The molecule has 0 saturated heterocycles. The van der Waals surface area contributed by atoms with Crippen molar-refractivity contribution in [3.63, 3.8) is 0 Å². The number of sulfone groups is 1. The molecule has 0 aromatic heterocycles. The number of rotatable bonds is 3. The molecule has 0 bridgehead atoms. The number of nitrogen functional groups attached to an aromatic ring is 1. The van der Waals surface area contributed by atoms with E-state index in [0.29, 0.717) is 0 Å². The minimum Gasteiger partial charge on any atom is -0.398 e. The maximum atomic E-state index is 13.2. The highest BCUT2D eigenvalue weighted by Crippen LogP contribution is 2.27. The lowest BCUT2D eigenvalue weighted by molar-refractivity contribution is 0.594. The van der Waals surface area contributed by atoms with E-state index in [4.69, 9.17) is 28.9 Å². The zero-order chi connectivity index (χ0) is 14.9. The third-order valence-corrected chi connectivity index (χ3v) is 5.04. The monoisotopic (exact) mass is 333 g/mol. The molecule has 0 aliphatic heterocycles. The van der Waals surface area contributed by atoms with Crippen molar-refractivity contribution in [1.82, 2.24) is 0 Å². The Morgan fingerprint density at radius 2 is 1.75 bits per heavy atom. The van der Waals surface area contributed by atoms with E-state index in [0.717, 1.165) is 6.07 Å². The Kier molecular flexibility index (Phi) is 4.22. The molecule has 0 heterocycles. The van der Waals surface area contributed by atoms with E-state index in [1.807, 2.05) is 0 Å². The summed E-state index contributed by atoms with van der Waals surface area (Å²) < 4.78 is 37.6. The van der Waals surface area contributed by atoms with Crippen LogP contribution in [0.15, 0.2) is 41.3 Å². The van der Waals surface area contributed by atoms with Crippen LogP contribution in [0.5, 0.6) is 0 Å². The topological polar surface area (TPSA) is 60.2 Å². The van der Waals surface area contributed by atoms with Crippen LogP contribution in [0.25, 0.3) is 0 Å². The molecule has 2 aromatic rings. The number of benzene rings is 2. The van der Waals surface area contributed by atoms with E-state index in [9.17, 15) is 12.8 Å². The first-order valence-electron chi connectivity index (χ1n) is 5.51.